The van der Waals surface area contributed by atoms with E-state index < -0.39 is 154 Å². The lowest BCUT2D eigenvalue weighted by molar-refractivity contribution is -0.251. The summed E-state index contributed by atoms with van der Waals surface area (Å²) in [6, 6.07) is 0. The van der Waals surface area contributed by atoms with E-state index in [1.165, 1.54) is 7.11 Å². The van der Waals surface area contributed by atoms with Crippen LogP contribution in [0.1, 0.15) is 0 Å². The molecule has 6 fully saturated rings. The molecule has 6 heterocycles. The van der Waals surface area contributed by atoms with Crippen molar-refractivity contribution in [3.8, 4) is 0 Å². The van der Waals surface area contributed by atoms with Crippen LogP contribution in [0.5, 0.6) is 0 Å². The van der Waals surface area contributed by atoms with Gasteiger partial charge < -0.3 is 83.9 Å². The highest BCUT2D eigenvalue weighted by atomic mass is 28.6. The van der Waals surface area contributed by atoms with Crippen LogP contribution in [0.3, 0.4) is 0 Å². The molecule has 10 atom stereocenters. The van der Waals surface area contributed by atoms with Crippen LogP contribution in [0.4, 0.5) is 0 Å². The highest BCUT2D eigenvalue weighted by Crippen LogP contribution is 2.65. The SMILES string of the molecule is CO[Si]1(O[SiH](C)C)O[Si]2(O[SiH](C)C)O[Si]3(O[SiH](C)C)O[Si]4(O[SiH](C)C)O[Si]5(O[SiH](C)C)O[Si](C)(O[SiH](C)C)O[Si@]6(O[SiH](C)C)OC12O[Si@@](O[SiH](C)C)(OC54O6)O3. The number of fused-ring (bicyclic) bond motifs is 2. The molecule has 8 unspecified atom stereocenters. The van der Waals surface area contributed by atoms with Crippen molar-refractivity contribution in [2.75, 3.05) is 7.11 Å². The third-order valence-corrected chi connectivity index (χ3v) is 60.8. The predicted octanol–water partition coefficient (Wildman–Crippen LogP) is 0.0775. The maximum atomic E-state index is 7.59. The van der Waals surface area contributed by atoms with Gasteiger partial charge in [-0.2, -0.15) is 0 Å². The van der Waals surface area contributed by atoms with Crippen molar-refractivity contribution < 1.29 is 83.9 Å². The van der Waals surface area contributed by atoms with E-state index in [1.807, 2.05) is 105 Å². The molecule has 20 nitrogen and oxygen atoms in total. The highest BCUT2D eigenvalue weighted by molar-refractivity contribution is 7.10. The lowest BCUT2D eigenvalue weighted by Gasteiger charge is -2.66. The van der Waals surface area contributed by atoms with E-state index >= 15 is 0 Å². The third-order valence-electron chi connectivity index (χ3n) is 8.05. The molecule has 0 saturated carbocycles. The van der Waals surface area contributed by atoms with Crippen LogP contribution >= 0.6 is 0 Å². The Morgan fingerprint density at radius 2 is 0.696 bits per heavy atom. The summed E-state index contributed by atoms with van der Waals surface area (Å²) in [6.07, 6.45) is 0. The van der Waals surface area contributed by atoms with Crippen molar-refractivity contribution in [3.05, 3.63) is 0 Å². The number of rotatable bonds is 17. The normalized spacial score (nSPS) is 45.8. The third kappa shape index (κ3) is 8.05. The van der Waals surface area contributed by atoms with Gasteiger partial charge in [-0.1, -0.05) is 0 Å². The van der Waals surface area contributed by atoms with Gasteiger partial charge in [0, 0.05) is 13.7 Å². The van der Waals surface area contributed by atoms with Gasteiger partial charge in [0.05, 0.1) is 0 Å². The molecule has 0 aliphatic carbocycles. The second-order valence-corrected chi connectivity index (χ2v) is 60.5. The van der Waals surface area contributed by atoms with Gasteiger partial charge >= 0.3 is 71.2 Å². The van der Waals surface area contributed by atoms with Gasteiger partial charge in [0.1, 0.15) is 0 Å². The van der Waals surface area contributed by atoms with Crippen molar-refractivity contribution >= 4 is 143 Å². The zero-order chi connectivity index (χ0) is 41.8. The lowest BCUT2D eigenvalue weighted by Crippen LogP contribution is -3.01. The molecule has 326 valence electrons. The standard InChI is InChI=1S/C20H62O20Si16/c1-21-50(27-42(4)5)19-22-54(31-46(12)13)24-20-25-55(23-19,32-47(14)15)40-56(33-48(16)17,38-52(19,36-50)29-44(8)9)39-53(20,30-45(10)11)37-51(20,28-43(6)7)34-49(18,35-54)26-41(2)3/h41-48H,1-18H3/t19?,20?,49?,50?,51?,52?,53?,54-,55+,56?/m1/s1. The Morgan fingerprint density at radius 3 is 1.11 bits per heavy atom. The quantitative estimate of drug-likeness (QED) is 0.178. The van der Waals surface area contributed by atoms with E-state index in [4.69, 9.17) is 83.9 Å². The molecule has 0 N–H and O–H groups in total. The summed E-state index contributed by atoms with van der Waals surface area (Å²) in [5, 5.41) is -4.28. The molecule has 36 heteroatoms. The molecule has 0 amide bonds. The fourth-order valence-corrected chi connectivity index (χ4v) is 73.9. The van der Waals surface area contributed by atoms with Crippen LogP contribution in [0.25, 0.3) is 0 Å². The van der Waals surface area contributed by atoms with Crippen LogP contribution < -0.4 is 0 Å². The van der Waals surface area contributed by atoms with Crippen LogP contribution in [0, 0.1) is 0 Å². The Kier molecular flexibility index (Phi) is 14.0. The Hall–Kier alpha value is 2.67. The minimum Gasteiger partial charge on any atom is -0.420 e. The predicted molar refractivity (Wildman–Crippen MR) is 236 cm³/mol. The first-order valence-corrected chi connectivity index (χ1v) is 55.6. The fourth-order valence-electron chi connectivity index (χ4n) is 7.08. The largest absolute Gasteiger partial charge is 0.667 e. The summed E-state index contributed by atoms with van der Waals surface area (Å²) in [5.41, 5.74) is 0. The number of hydrogen-bond donors (Lipinski definition) is 0. The molecule has 56 heavy (non-hydrogen) atoms. The minimum atomic E-state index is -4.83. The summed E-state index contributed by atoms with van der Waals surface area (Å²) in [5.74, 6) is 0. The average molecular weight is 1070 g/mol. The molecule has 0 aromatic carbocycles. The molecule has 0 aromatic rings. The Bertz CT molecular complexity index is 1460. The van der Waals surface area contributed by atoms with Gasteiger partial charge in [0.25, 0.3) is 10.1 Å². The van der Waals surface area contributed by atoms with E-state index in [0.29, 0.717) is 0 Å². The Morgan fingerprint density at radius 1 is 0.339 bits per heavy atom. The molecule has 0 radical (unpaired) electrons. The van der Waals surface area contributed by atoms with Crippen LogP contribution in [-0.2, 0) is 83.9 Å². The molecule has 5 bridgehead atoms. The molecule has 2 spiro atoms. The van der Waals surface area contributed by atoms with Gasteiger partial charge in [0.15, 0.2) is 72.3 Å². The van der Waals surface area contributed by atoms with Crippen molar-refractivity contribution in [1.82, 2.24) is 0 Å². The maximum absolute atomic E-state index is 7.59. The first kappa shape index (κ1) is 48.1. The van der Waals surface area contributed by atoms with Crippen LogP contribution in [-0.4, -0.2) is 161 Å². The van der Waals surface area contributed by atoms with Gasteiger partial charge in [-0.3, -0.25) is 0 Å². The van der Waals surface area contributed by atoms with E-state index in [0.717, 1.165) is 0 Å². The first-order valence-electron chi connectivity index (χ1n) is 19.4. The van der Waals surface area contributed by atoms with E-state index in [2.05, 4.69) is 0 Å². The Labute approximate surface area is 353 Å². The summed E-state index contributed by atoms with van der Waals surface area (Å²) in [7, 11) is -51.6. The van der Waals surface area contributed by atoms with Gasteiger partial charge in [-0.25, -0.2) is 0 Å². The fraction of sp³-hybridized carbons (Fsp3) is 1.00. The first-order chi connectivity index (χ1) is 25.7. The van der Waals surface area contributed by atoms with Crippen LogP contribution in [0.15, 0.2) is 0 Å². The molecule has 0 aromatic heterocycles. The minimum absolute atomic E-state index is 1.49. The lowest BCUT2D eigenvalue weighted by atomic mass is 11.4. The summed E-state index contributed by atoms with van der Waals surface area (Å²) in [6.45, 7) is 33.6. The molecular formula is C20H62O20Si16. The summed E-state index contributed by atoms with van der Waals surface area (Å²) in [4.78, 5) is 0. The second kappa shape index (κ2) is 16.3. The highest BCUT2D eigenvalue weighted by Gasteiger charge is 3.06. The van der Waals surface area contributed by atoms with Crippen LogP contribution in [0.2, 0.25) is 111 Å². The summed E-state index contributed by atoms with van der Waals surface area (Å²) < 4.78 is 143. The number of hydrogen-bond acceptors (Lipinski definition) is 20. The topological polar surface area (TPSA) is 185 Å². The smallest absolute Gasteiger partial charge is 0.420 e. The van der Waals surface area contributed by atoms with Crippen molar-refractivity contribution in [3.63, 3.8) is 0 Å². The molecule has 6 aliphatic heterocycles. The van der Waals surface area contributed by atoms with Crippen molar-refractivity contribution in [1.29, 1.82) is 0 Å². The molecule has 6 saturated heterocycles. The van der Waals surface area contributed by atoms with Gasteiger partial charge in [0.2, 0.25) is 0 Å². The zero-order valence-corrected chi connectivity index (χ0v) is 53.0. The Balaban J connectivity index is 1.81. The second-order valence-electron chi connectivity index (χ2n) is 16.5. The van der Waals surface area contributed by atoms with Gasteiger partial charge in [-0.15, -0.1) is 0 Å². The van der Waals surface area contributed by atoms with Gasteiger partial charge in [-0.05, 0) is 105 Å². The van der Waals surface area contributed by atoms with Crippen molar-refractivity contribution in [2.45, 2.75) is 121 Å². The summed E-state index contributed by atoms with van der Waals surface area (Å²) >= 11 is 0. The molecule has 6 rings (SSSR count). The van der Waals surface area contributed by atoms with E-state index in [9.17, 15) is 0 Å². The maximum Gasteiger partial charge on any atom is 0.667 e. The van der Waals surface area contributed by atoms with Crippen molar-refractivity contribution in [2.24, 2.45) is 0 Å². The molecule has 6 aliphatic rings. The zero-order valence-electron chi connectivity index (χ0n) is 35.8. The van der Waals surface area contributed by atoms with E-state index in [1.54, 1.807) is 6.55 Å². The van der Waals surface area contributed by atoms with E-state index in [-0.39, 0.29) is 0 Å². The molecular weight excluding hydrogens is 1010 g/mol. The monoisotopic (exact) mass is 1070 g/mol. The average Bonchev–Trinajstić information content (AvgIpc) is 3.10.